The van der Waals surface area contributed by atoms with E-state index in [4.69, 9.17) is 9.47 Å². The van der Waals surface area contributed by atoms with Crippen LogP contribution in [-0.4, -0.2) is 75.9 Å². The molecule has 164 valence electrons. The molecule has 30 heavy (non-hydrogen) atoms. The van der Waals surface area contributed by atoms with Crippen molar-refractivity contribution in [1.29, 1.82) is 0 Å². The van der Waals surface area contributed by atoms with Crippen LogP contribution in [0.1, 0.15) is 23.1 Å². The first-order valence-corrected chi connectivity index (χ1v) is 11.5. The molecule has 0 amide bonds. The van der Waals surface area contributed by atoms with Crippen molar-refractivity contribution in [3.8, 4) is 5.75 Å². The zero-order valence-electron chi connectivity index (χ0n) is 17.3. The van der Waals surface area contributed by atoms with Gasteiger partial charge in [-0.1, -0.05) is 0 Å². The van der Waals surface area contributed by atoms with Crippen molar-refractivity contribution in [3.05, 3.63) is 40.1 Å². The summed E-state index contributed by atoms with van der Waals surface area (Å²) in [6, 6.07) is 7.85. The van der Waals surface area contributed by atoms with Gasteiger partial charge in [-0.15, -0.1) is 0 Å². The lowest BCUT2D eigenvalue weighted by atomic mass is 10.2. The number of hydrogen-bond acceptors (Lipinski definition) is 6. The van der Waals surface area contributed by atoms with E-state index < -0.39 is 17.1 Å². The standard InChI is InChI=1S/C19H26BrN5O4S/c1-4-28-19(26)18-17(20)16(21-22-18)13-29-15-7-5-14(6-8-15)24-9-11-25(12-10-24)30(27)23(2)3/h5-8H,4,9-13H2,1-3H3,(H,21,22). The Kier molecular flexibility index (Phi) is 7.87. The highest BCUT2D eigenvalue weighted by atomic mass is 79.9. The molecule has 1 unspecified atom stereocenters. The number of halogens is 1. The Morgan fingerprint density at radius 3 is 2.50 bits per heavy atom. The molecule has 1 aliphatic heterocycles. The third kappa shape index (κ3) is 5.39. The summed E-state index contributed by atoms with van der Waals surface area (Å²) < 4.78 is 27.2. The summed E-state index contributed by atoms with van der Waals surface area (Å²) in [6.07, 6.45) is 0. The van der Waals surface area contributed by atoms with Crippen molar-refractivity contribution >= 4 is 38.8 Å². The molecule has 2 aromatic rings. The number of benzene rings is 1. The summed E-state index contributed by atoms with van der Waals surface area (Å²) in [6.45, 7) is 5.41. The highest BCUT2D eigenvalue weighted by Crippen LogP contribution is 2.24. The second-order valence-corrected chi connectivity index (χ2v) is 9.33. The maximum absolute atomic E-state index is 12.2. The Morgan fingerprint density at radius 2 is 1.90 bits per heavy atom. The average molecular weight is 500 g/mol. The molecule has 0 radical (unpaired) electrons. The number of anilines is 1. The molecule has 1 aromatic carbocycles. The summed E-state index contributed by atoms with van der Waals surface area (Å²) in [5, 5.41) is 6.79. The first kappa shape index (κ1) is 22.7. The zero-order chi connectivity index (χ0) is 21.7. The molecule has 1 N–H and O–H groups in total. The predicted octanol–water partition coefficient (Wildman–Crippen LogP) is 2.19. The number of piperazine rings is 1. The Hall–Kier alpha value is -1.95. The van der Waals surface area contributed by atoms with E-state index in [1.807, 2.05) is 42.7 Å². The van der Waals surface area contributed by atoms with Crippen LogP contribution in [0.15, 0.2) is 28.7 Å². The molecular formula is C19H26BrN5O4S. The van der Waals surface area contributed by atoms with Gasteiger partial charge in [0.15, 0.2) is 16.9 Å². The fourth-order valence-corrected chi connectivity index (χ4v) is 4.43. The summed E-state index contributed by atoms with van der Waals surface area (Å²) in [4.78, 5) is 14.1. The molecule has 1 atom stereocenters. The Labute approximate surface area is 187 Å². The minimum atomic E-state index is -1.08. The zero-order valence-corrected chi connectivity index (χ0v) is 19.7. The first-order valence-electron chi connectivity index (χ1n) is 9.62. The van der Waals surface area contributed by atoms with E-state index in [-0.39, 0.29) is 12.3 Å². The molecule has 1 saturated heterocycles. The van der Waals surface area contributed by atoms with Gasteiger partial charge in [-0.25, -0.2) is 17.6 Å². The largest absolute Gasteiger partial charge is 0.487 e. The highest BCUT2D eigenvalue weighted by molar-refractivity contribution is 9.10. The Morgan fingerprint density at radius 1 is 1.23 bits per heavy atom. The van der Waals surface area contributed by atoms with E-state index in [1.165, 1.54) is 0 Å². The van der Waals surface area contributed by atoms with E-state index in [0.29, 0.717) is 22.5 Å². The molecule has 0 spiro atoms. The fourth-order valence-electron chi connectivity index (χ4n) is 3.04. The van der Waals surface area contributed by atoms with Gasteiger partial charge in [0.05, 0.1) is 16.8 Å². The van der Waals surface area contributed by atoms with Gasteiger partial charge in [0, 0.05) is 46.0 Å². The van der Waals surface area contributed by atoms with Gasteiger partial charge in [-0.3, -0.25) is 5.10 Å². The summed E-state index contributed by atoms with van der Waals surface area (Å²) in [5.41, 5.74) is 1.97. The SMILES string of the molecule is CCOC(=O)c1n[nH]c(COc2ccc(N3CCN(S(=O)N(C)C)CC3)cc2)c1Br. The van der Waals surface area contributed by atoms with Gasteiger partial charge >= 0.3 is 5.97 Å². The van der Waals surface area contributed by atoms with E-state index >= 15 is 0 Å². The van der Waals surface area contributed by atoms with Gasteiger partial charge in [0.25, 0.3) is 0 Å². The third-order valence-electron chi connectivity index (χ3n) is 4.60. The van der Waals surface area contributed by atoms with Gasteiger partial charge < -0.3 is 14.4 Å². The van der Waals surface area contributed by atoms with Crippen LogP contribution in [0.25, 0.3) is 0 Å². The van der Waals surface area contributed by atoms with Crippen molar-refractivity contribution in [2.24, 2.45) is 0 Å². The lowest BCUT2D eigenvalue weighted by molar-refractivity contribution is 0.0518. The highest BCUT2D eigenvalue weighted by Gasteiger charge is 2.23. The van der Waals surface area contributed by atoms with E-state index in [2.05, 4.69) is 31.0 Å². The van der Waals surface area contributed by atoms with Crippen molar-refractivity contribution in [2.75, 3.05) is 51.8 Å². The number of nitrogens with one attached hydrogen (secondary N) is 1. The predicted molar refractivity (Wildman–Crippen MR) is 119 cm³/mol. The number of ether oxygens (including phenoxy) is 2. The number of aromatic nitrogens is 2. The molecule has 0 bridgehead atoms. The van der Waals surface area contributed by atoms with Crippen LogP contribution in [0.4, 0.5) is 5.69 Å². The lowest BCUT2D eigenvalue weighted by Gasteiger charge is -2.36. The smallest absolute Gasteiger partial charge is 0.360 e. The number of hydrogen-bond donors (Lipinski definition) is 1. The topological polar surface area (TPSA) is 91.0 Å². The summed E-state index contributed by atoms with van der Waals surface area (Å²) >= 11 is 2.29. The van der Waals surface area contributed by atoms with Gasteiger partial charge in [0.1, 0.15) is 12.4 Å². The third-order valence-corrected chi connectivity index (χ3v) is 6.89. The molecule has 3 rings (SSSR count). The van der Waals surface area contributed by atoms with Crippen LogP contribution in [0, 0.1) is 0 Å². The molecule has 1 fully saturated rings. The van der Waals surface area contributed by atoms with Gasteiger partial charge in [0.2, 0.25) is 0 Å². The number of nitrogens with zero attached hydrogens (tertiary/aromatic N) is 4. The molecule has 1 aliphatic rings. The first-order chi connectivity index (χ1) is 14.4. The van der Waals surface area contributed by atoms with Gasteiger partial charge in [-0.05, 0) is 47.1 Å². The van der Waals surface area contributed by atoms with Crippen LogP contribution in [0.3, 0.4) is 0 Å². The molecule has 9 nitrogen and oxygen atoms in total. The number of H-pyrrole nitrogens is 1. The van der Waals surface area contributed by atoms with Crippen molar-refractivity contribution in [1.82, 2.24) is 18.8 Å². The van der Waals surface area contributed by atoms with Crippen molar-refractivity contribution < 1.29 is 18.5 Å². The second-order valence-electron chi connectivity index (χ2n) is 6.83. The quantitative estimate of drug-likeness (QED) is 0.559. The minimum absolute atomic E-state index is 0.208. The summed E-state index contributed by atoms with van der Waals surface area (Å²) in [7, 11) is 3.64. The van der Waals surface area contributed by atoms with Crippen LogP contribution < -0.4 is 9.64 Å². The molecule has 0 saturated carbocycles. The molecule has 11 heteroatoms. The molecule has 1 aromatic heterocycles. The van der Waals surface area contributed by atoms with Crippen LogP contribution in [0.5, 0.6) is 5.75 Å². The van der Waals surface area contributed by atoms with Crippen molar-refractivity contribution in [2.45, 2.75) is 13.5 Å². The average Bonchev–Trinajstić information content (AvgIpc) is 3.12. The van der Waals surface area contributed by atoms with Crippen LogP contribution in [-0.2, 0) is 22.5 Å². The lowest BCUT2D eigenvalue weighted by Crippen LogP contribution is -2.49. The van der Waals surface area contributed by atoms with Gasteiger partial charge in [-0.2, -0.15) is 5.10 Å². The van der Waals surface area contributed by atoms with E-state index in [9.17, 15) is 9.00 Å². The fraction of sp³-hybridized carbons (Fsp3) is 0.474. The number of carbonyl (C=O) groups is 1. The summed E-state index contributed by atoms with van der Waals surface area (Å²) in [5.74, 6) is 0.232. The molecule has 2 heterocycles. The van der Waals surface area contributed by atoms with E-state index in [0.717, 1.165) is 31.9 Å². The Balaban J connectivity index is 1.53. The number of rotatable bonds is 8. The van der Waals surface area contributed by atoms with E-state index in [1.54, 1.807) is 11.2 Å². The molecule has 0 aliphatic carbocycles. The number of esters is 1. The maximum atomic E-state index is 12.2. The Bertz CT molecular complexity index is 882. The van der Waals surface area contributed by atoms with Crippen LogP contribution in [0.2, 0.25) is 0 Å². The van der Waals surface area contributed by atoms with Crippen LogP contribution >= 0.6 is 15.9 Å². The minimum Gasteiger partial charge on any atom is -0.487 e. The normalized spacial score (nSPS) is 16.0. The number of aromatic amines is 1. The monoisotopic (exact) mass is 499 g/mol. The number of carbonyl (C=O) groups excluding carboxylic acids is 1. The van der Waals surface area contributed by atoms with Crippen molar-refractivity contribution in [3.63, 3.8) is 0 Å². The second kappa shape index (κ2) is 10.4. The maximum Gasteiger partial charge on any atom is 0.360 e. The molecular weight excluding hydrogens is 474 g/mol.